The number of rotatable bonds is 7. The number of thioether (sulfide) groups is 1. The van der Waals surface area contributed by atoms with Gasteiger partial charge in [-0.2, -0.15) is 0 Å². The Hall–Kier alpha value is -2.59. The molecule has 1 atom stereocenters. The van der Waals surface area contributed by atoms with E-state index >= 15 is 0 Å². The third kappa shape index (κ3) is 4.14. The molecule has 0 saturated carbocycles. The maximum Gasteiger partial charge on any atom is 0.266 e. The van der Waals surface area contributed by atoms with Crippen molar-refractivity contribution in [1.29, 1.82) is 0 Å². The molecule has 0 aromatic heterocycles. The molecule has 1 aromatic rings. The summed E-state index contributed by atoms with van der Waals surface area (Å²) in [7, 11) is 2.98. The van der Waals surface area contributed by atoms with Crippen LogP contribution in [0.25, 0.3) is 6.08 Å². The standard InChI is InChI=1S/C16H16N2O6S2/c1-23-9-4-3-8(11(6-9)24-2)5-12-14(20)18(16(25)26-12)10(15(21)22)7-13(17)19/h3-6,10H,7H2,1-2H3,(H2,17,19)(H,21,22)/p-1/b12-5+/t10-/m1/s1. The van der Waals surface area contributed by atoms with Crippen molar-refractivity contribution in [3.8, 4) is 11.5 Å². The quantitative estimate of drug-likeness (QED) is 0.502. The molecule has 8 nitrogen and oxygen atoms in total. The van der Waals surface area contributed by atoms with E-state index in [1.165, 1.54) is 20.3 Å². The molecule has 1 saturated heterocycles. The van der Waals surface area contributed by atoms with Crippen molar-refractivity contribution in [2.24, 2.45) is 5.73 Å². The molecule has 0 bridgehead atoms. The van der Waals surface area contributed by atoms with Gasteiger partial charge in [0.15, 0.2) is 0 Å². The maximum atomic E-state index is 12.6. The number of hydrogen-bond acceptors (Lipinski definition) is 8. The topological polar surface area (TPSA) is 122 Å². The molecular formula is C16H15N2O6S2-. The lowest BCUT2D eigenvalue weighted by molar-refractivity contribution is -0.310. The number of carboxylic acid groups (broad SMARTS) is 1. The normalized spacial score (nSPS) is 16.7. The predicted octanol–water partition coefficient (Wildman–Crippen LogP) is -0.101. The SMILES string of the molecule is COc1ccc(/C=C2/SC(=S)N([C@H](CC(N)=O)C(=O)[O-])C2=O)c(OC)c1. The molecule has 1 aromatic carbocycles. The van der Waals surface area contributed by atoms with Crippen LogP contribution in [0.5, 0.6) is 11.5 Å². The average Bonchev–Trinajstić information content (AvgIpc) is 2.86. The van der Waals surface area contributed by atoms with E-state index in [1.807, 2.05) is 0 Å². The van der Waals surface area contributed by atoms with Crippen LogP contribution in [-0.4, -0.2) is 47.3 Å². The Kier molecular flexibility index (Phi) is 6.22. The van der Waals surface area contributed by atoms with Crippen LogP contribution >= 0.6 is 24.0 Å². The van der Waals surface area contributed by atoms with Gasteiger partial charge in [-0.1, -0.05) is 24.0 Å². The maximum absolute atomic E-state index is 12.6. The Balaban J connectivity index is 2.37. The first-order valence-corrected chi connectivity index (χ1v) is 8.49. The summed E-state index contributed by atoms with van der Waals surface area (Å²) in [6.45, 7) is 0. The molecule has 0 aliphatic carbocycles. The number of amides is 2. The van der Waals surface area contributed by atoms with E-state index < -0.39 is 30.2 Å². The van der Waals surface area contributed by atoms with Crippen LogP contribution in [0.15, 0.2) is 23.1 Å². The molecule has 0 spiro atoms. The van der Waals surface area contributed by atoms with Crippen molar-refractivity contribution >= 4 is 52.2 Å². The fourth-order valence-corrected chi connectivity index (χ4v) is 3.65. The van der Waals surface area contributed by atoms with Crippen molar-refractivity contribution < 1.29 is 29.0 Å². The number of carbonyl (C=O) groups is 3. The number of primary amides is 1. The minimum atomic E-state index is -1.61. The molecule has 1 aliphatic rings. The Bertz CT molecular complexity index is 808. The van der Waals surface area contributed by atoms with Gasteiger partial charge in [-0.3, -0.25) is 14.5 Å². The highest BCUT2D eigenvalue weighted by Gasteiger charge is 2.38. The van der Waals surface area contributed by atoms with Gasteiger partial charge < -0.3 is 25.1 Å². The lowest BCUT2D eigenvalue weighted by Gasteiger charge is -2.26. The van der Waals surface area contributed by atoms with E-state index in [4.69, 9.17) is 27.4 Å². The molecule has 138 valence electrons. The summed E-state index contributed by atoms with van der Waals surface area (Å²) < 4.78 is 10.4. The Morgan fingerprint density at radius 1 is 1.38 bits per heavy atom. The highest BCUT2D eigenvalue weighted by molar-refractivity contribution is 8.26. The number of benzene rings is 1. The number of nitrogens with two attached hydrogens (primary N) is 1. The van der Waals surface area contributed by atoms with E-state index in [0.29, 0.717) is 17.1 Å². The summed E-state index contributed by atoms with van der Waals surface area (Å²) >= 11 is 6.01. The Morgan fingerprint density at radius 2 is 2.08 bits per heavy atom. The zero-order valence-corrected chi connectivity index (χ0v) is 15.5. The Morgan fingerprint density at radius 3 is 2.62 bits per heavy atom. The minimum absolute atomic E-state index is 0.00387. The van der Waals surface area contributed by atoms with E-state index in [9.17, 15) is 19.5 Å². The first-order valence-electron chi connectivity index (χ1n) is 7.26. The second-order valence-electron chi connectivity index (χ2n) is 5.16. The van der Waals surface area contributed by atoms with Gasteiger partial charge >= 0.3 is 0 Å². The summed E-state index contributed by atoms with van der Waals surface area (Å²) in [5, 5.41) is 11.3. The number of thiocarbonyl (C=S) groups is 1. The Labute approximate surface area is 158 Å². The number of methoxy groups -OCH3 is 2. The number of carbonyl (C=O) groups excluding carboxylic acids is 3. The molecule has 1 aliphatic heterocycles. The molecule has 0 radical (unpaired) electrons. The number of ether oxygens (including phenoxy) is 2. The van der Waals surface area contributed by atoms with Gasteiger partial charge in [0.1, 0.15) is 15.8 Å². The van der Waals surface area contributed by atoms with E-state index in [-0.39, 0.29) is 9.23 Å². The lowest BCUT2D eigenvalue weighted by Crippen LogP contribution is -2.51. The lowest BCUT2D eigenvalue weighted by atomic mass is 10.1. The summed E-state index contributed by atoms with van der Waals surface area (Å²) in [6, 6.07) is 3.46. The molecule has 1 fully saturated rings. The molecule has 2 amide bonds. The van der Waals surface area contributed by atoms with Crippen molar-refractivity contribution in [3.63, 3.8) is 0 Å². The number of aliphatic carboxylic acids is 1. The first kappa shape index (κ1) is 19.7. The van der Waals surface area contributed by atoms with Gasteiger partial charge in [-0.05, 0) is 18.2 Å². The van der Waals surface area contributed by atoms with Gasteiger partial charge in [0.05, 0.1) is 37.6 Å². The number of hydrogen-bond donors (Lipinski definition) is 1. The van der Waals surface area contributed by atoms with E-state index in [2.05, 4.69) is 0 Å². The van der Waals surface area contributed by atoms with Crippen molar-refractivity contribution in [1.82, 2.24) is 4.90 Å². The van der Waals surface area contributed by atoms with E-state index in [1.54, 1.807) is 18.2 Å². The third-order valence-electron chi connectivity index (χ3n) is 3.53. The number of nitrogens with zero attached hydrogens (tertiary/aromatic N) is 1. The highest BCUT2D eigenvalue weighted by Crippen LogP contribution is 2.36. The fraction of sp³-hybridized carbons (Fsp3) is 0.250. The van der Waals surface area contributed by atoms with Crippen LogP contribution in [0.2, 0.25) is 0 Å². The second-order valence-corrected chi connectivity index (χ2v) is 6.84. The monoisotopic (exact) mass is 395 g/mol. The van der Waals surface area contributed by atoms with Crippen LogP contribution in [-0.2, 0) is 14.4 Å². The van der Waals surface area contributed by atoms with Gasteiger partial charge in [-0.25, -0.2) is 0 Å². The minimum Gasteiger partial charge on any atom is -0.548 e. The van der Waals surface area contributed by atoms with Gasteiger partial charge in [-0.15, -0.1) is 0 Å². The molecule has 0 unspecified atom stereocenters. The largest absolute Gasteiger partial charge is 0.548 e. The second kappa shape index (κ2) is 8.19. The summed E-state index contributed by atoms with van der Waals surface area (Å²) in [5.41, 5.74) is 5.63. The zero-order chi connectivity index (χ0) is 19.4. The van der Waals surface area contributed by atoms with E-state index in [0.717, 1.165) is 16.7 Å². The van der Waals surface area contributed by atoms with Crippen LogP contribution in [0, 0.1) is 0 Å². The average molecular weight is 395 g/mol. The van der Waals surface area contributed by atoms with Crippen molar-refractivity contribution in [3.05, 3.63) is 28.7 Å². The molecule has 10 heteroatoms. The van der Waals surface area contributed by atoms with Crippen molar-refractivity contribution in [2.75, 3.05) is 14.2 Å². The molecular weight excluding hydrogens is 380 g/mol. The highest BCUT2D eigenvalue weighted by atomic mass is 32.2. The molecule has 1 heterocycles. The van der Waals surface area contributed by atoms with Crippen LogP contribution in [0.3, 0.4) is 0 Å². The summed E-state index contributed by atoms with van der Waals surface area (Å²) in [6.07, 6.45) is 0.933. The van der Waals surface area contributed by atoms with Gasteiger partial charge in [0.2, 0.25) is 5.91 Å². The smallest absolute Gasteiger partial charge is 0.266 e. The van der Waals surface area contributed by atoms with Crippen LogP contribution < -0.4 is 20.3 Å². The summed E-state index contributed by atoms with van der Waals surface area (Å²) in [5.74, 6) is -2.10. The number of carboxylic acids is 1. The predicted molar refractivity (Wildman–Crippen MR) is 97.2 cm³/mol. The molecule has 2 rings (SSSR count). The third-order valence-corrected chi connectivity index (χ3v) is 4.86. The molecule has 2 N–H and O–H groups in total. The first-order chi connectivity index (χ1) is 12.3. The van der Waals surface area contributed by atoms with Crippen LogP contribution in [0.1, 0.15) is 12.0 Å². The van der Waals surface area contributed by atoms with Gasteiger partial charge in [0.25, 0.3) is 5.91 Å². The fourth-order valence-electron chi connectivity index (χ4n) is 2.30. The van der Waals surface area contributed by atoms with Crippen LogP contribution in [0.4, 0.5) is 0 Å². The zero-order valence-electron chi connectivity index (χ0n) is 13.9. The molecule has 26 heavy (non-hydrogen) atoms. The van der Waals surface area contributed by atoms with Crippen molar-refractivity contribution in [2.45, 2.75) is 12.5 Å². The van der Waals surface area contributed by atoms with Gasteiger partial charge in [0, 0.05) is 11.6 Å². The summed E-state index contributed by atoms with van der Waals surface area (Å²) in [4.78, 5) is 36.1.